The predicted molar refractivity (Wildman–Crippen MR) is 7.98 cm³/mol. The molecule has 0 spiro atoms. The van der Waals surface area contributed by atoms with Crippen molar-refractivity contribution in [1.82, 2.24) is 0 Å². The number of hydrogen-bond donors (Lipinski definition) is 0. The van der Waals surface area contributed by atoms with Gasteiger partial charge in [0.1, 0.15) is 0 Å². The van der Waals surface area contributed by atoms with Crippen LogP contribution in [0.1, 0.15) is 2.85 Å². The van der Waals surface area contributed by atoms with Crippen molar-refractivity contribution in [2.45, 2.75) is 0 Å². The molecule has 0 aromatic carbocycles. The van der Waals surface area contributed by atoms with Gasteiger partial charge in [-0.3, -0.25) is 0 Å². The molecule has 0 rings (SSSR count). The molecule has 0 heterocycles. The van der Waals surface area contributed by atoms with E-state index in [0.717, 1.165) is 0 Å². The van der Waals surface area contributed by atoms with Crippen LogP contribution in [0.25, 0.3) is 0 Å². The van der Waals surface area contributed by atoms with Crippen LogP contribution in [0.5, 0.6) is 0 Å². The van der Waals surface area contributed by atoms with Gasteiger partial charge in [-0.2, -0.15) is 0 Å². The molecular weight excluding hydrogens is 351 g/mol. The van der Waals surface area contributed by atoms with Gasteiger partial charge < -0.3 is 2.85 Å². The first-order chi connectivity index (χ1) is 0. The molecule has 0 aliphatic rings. The first-order valence-electron chi connectivity index (χ1n) is 0. The van der Waals surface area contributed by atoms with Crippen molar-refractivity contribution >= 4 is 37.7 Å². The summed E-state index contributed by atoms with van der Waals surface area (Å²) in [6.45, 7) is 0. The molecule has 0 amide bonds. The van der Waals surface area contributed by atoms with Crippen LogP contribution in [-0.4, -0.2) is 37.7 Å². The van der Waals surface area contributed by atoms with Crippen LogP contribution in [0.4, 0.5) is 0 Å². The Labute approximate surface area is 94.7 Å². The molecule has 0 fully saturated rings. The summed E-state index contributed by atoms with van der Waals surface area (Å²) in [5, 5.41) is 0. The molecular formula is H2AuCaMnNi. The van der Waals surface area contributed by atoms with Crippen LogP contribution < -0.4 is 0 Å². The molecule has 0 aliphatic heterocycles. The third-order valence-corrected chi connectivity index (χ3v) is 0. The van der Waals surface area contributed by atoms with Gasteiger partial charge in [-0.1, -0.05) is 0 Å². The predicted octanol–water partition coefficient (Wildman–Crippen LogP) is -0.163. The molecule has 0 aliphatic carbocycles. The van der Waals surface area contributed by atoms with Crippen molar-refractivity contribution in [2.75, 3.05) is 0 Å². The van der Waals surface area contributed by atoms with E-state index in [9.17, 15) is 0 Å². The molecule has 0 bridgehead atoms. The van der Waals surface area contributed by atoms with Gasteiger partial charge in [0, 0.05) is 55.9 Å². The molecule has 32 valence electrons. The molecule has 0 aromatic heterocycles. The van der Waals surface area contributed by atoms with Crippen molar-refractivity contribution < 1.29 is 58.8 Å². The van der Waals surface area contributed by atoms with E-state index in [1.807, 2.05) is 0 Å². The van der Waals surface area contributed by atoms with Crippen LogP contribution in [0, 0.1) is 0 Å². The maximum absolute atomic E-state index is 0. The van der Waals surface area contributed by atoms with E-state index in [0.29, 0.717) is 0 Å². The molecule has 0 aromatic rings. The van der Waals surface area contributed by atoms with Crippen molar-refractivity contribution in [2.24, 2.45) is 0 Å². The fourth-order valence-corrected chi connectivity index (χ4v) is 0. The summed E-state index contributed by atoms with van der Waals surface area (Å²) in [4.78, 5) is 0. The Balaban J connectivity index is 0. The normalized spacial score (nSPS) is 0. The zero-order valence-corrected chi connectivity index (χ0v) is 8.25. The van der Waals surface area contributed by atoms with Crippen LogP contribution in [0.2, 0.25) is 0 Å². The van der Waals surface area contributed by atoms with Crippen LogP contribution >= 0.6 is 0 Å². The minimum Gasteiger partial charge on any atom is -1.00 e. The fraction of sp³-hybridized carbons (Fsp3) is 0. The molecule has 0 unspecified atom stereocenters. The van der Waals surface area contributed by atoms with E-state index in [-0.39, 0.29) is 96.5 Å². The standard InChI is InChI=1S/Au.Ca.Mn.Ni.2H/q;+2;;;2*-1. The zero-order chi connectivity index (χ0) is 0. The number of hydrogen-bond acceptors (Lipinski definition) is 0. The minimum atomic E-state index is 0. The van der Waals surface area contributed by atoms with Crippen LogP contribution in [0.15, 0.2) is 0 Å². The maximum Gasteiger partial charge on any atom is 2.00 e. The van der Waals surface area contributed by atoms with Gasteiger partial charge in [0.05, 0.1) is 0 Å². The summed E-state index contributed by atoms with van der Waals surface area (Å²) in [6.07, 6.45) is 0. The SMILES string of the molecule is [Au].[Ca+2].[H-].[H-].[Mn].[Ni]. The molecule has 4 heavy (non-hydrogen) atoms. The zero-order valence-electron chi connectivity index (χ0n) is 3.70. The molecule has 0 saturated heterocycles. The van der Waals surface area contributed by atoms with Crippen LogP contribution in [0.3, 0.4) is 0 Å². The maximum atomic E-state index is 0. The van der Waals surface area contributed by atoms with Gasteiger partial charge in [0.15, 0.2) is 0 Å². The van der Waals surface area contributed by atoms with Gasteiger partial charge >= 0.3 is 37.7 Å². The van der Waals surface area contributed by atoms with Gasteiger partial charge in [0.25, 0.3) is 0 Å². The summed E-state index contributed by atoms with van der Waals surface area (Å²) in [5.41, 5.74) is 0. The van der Waals surface area contributed by atoms with E-state index >= 15 is 0 Å². The minimum absolute atomic E-state index is 0. The van der Waals surface area contributed by atoms with Gasteiger partial charge in [-0.05, 0) is 0 Å². The smallest absolute Gasteiger partial charge is 1.00 e. The Hall–Kier alpha value is 3.01. The largest absolute Gasteiger partial charge is 2.00 e. The molecule has 0 saturated carbocycles. The van der Waals surface area contributed by atoms with E-state index in [4.69, 9.17) is 0 Å². The van der Waals surface area contributed by atoms with Gasteiger partial charge in [-0.15, -0.1) is 0 Å². The van der Waals surface area contributed by atoms with Crippen molar-refractivity contribution in [3.63, 3.8) is 0 Å². The van der Waals surface area contributed by atoms with E-state index in [1.54, 1.807) is 0 Å². The Morgan fingerprint density at radius 3 is 1.25 bits per heavy atom. The quantitative estimate of drug-likeness (QED) is 0.531. The molecule has 2 radical (unpaired) electrons. The van der Waals surface area contributed by atoms with E-state index < -0.39 is 0 Å². The second kappa shape index (κ2) is 16.6. The van der Waals surface area contributed by atoms with Crippen LogP contribution in [-0.2, 0) is 55.9 Å². The summed E-state index contributed by atoms with van der Waals surface area (Å²) < 4.78 is 0. The number of rotatable bonds is 0. The Bertz CT molecular complexity index is 13.5. The fourth-order valence-electron chi connectivity index (χ4n) is 0. The monoisotopic (exact) mass is 352 g/mol. The Morgan fingerprint density at radius 1 is 1.25 bits per heavy atom. The van der Waals surface area contributed by atoms with Gasteiger partial charge in [0.2, 0.25) is 0 Å². The summed E-state index contributed by atoms with van der Waals surface area (Å²) >= 11 is 0. The average Bonchev–Trinajstić information content (AvgIpc) is 0. The van der Waals surface area contributed by atoms with Crippen molar-refractivity contribution in [3.05, 3.63) is 0 Å². The first kappa shape index (κ1) is 27.9. The third kappa shape index (κ3) is 8.89. The average molecular weight is 353 g/mol. The van der Waals surface area contributed by atoms with Gasteiger partial charge in [-0.25, -0.2) is 0 Å². The second-order valence-electron chi connectivity index (χ2n) is 0. The first-order valence-corrected chi connectivity index (χ1v) is 0. The topological polar surface area (TPSA) is 0 Å². The molecule has 4 heteroatoms. The molecule has 0 nitrogen and oxygen atoms in total. The Kier molecular flexibility index (Phi) is 116. The Morgan fingerprint density at radius 2 is 1.25 bits per heavy atom. The van der Waals surface area contributed by atoms with E-state index in [1.165, 1.54) is 0 Å². The third-order valence-electron chi connectivity index (χ3n) is 0. The molecule has 0 atom stereocenters. The van der Waals surface area contributed by atoms with Crippen molar-refractivity contribution in [3.8, 4) is 0 Å². The summed E-state index contributed by atoms with van der Waals surface area (Å²) in [6, 6.07) is 0. The molecule has 0 N–H and O–H groups in total. The second-order valence-corrected chi connectivity index (χ2v) is 0. The summed E-state index contributed by atoms with van der Waals surface area (Å²) in [7, 11) is 0. The van der Waals surface area contributed by atoms with Crippen molar-refractivity contribution in [1.29, 1.82) is 0 Å². The van der Waals surface area contributed by atoms with E-state index in [2.05, 4.69) is 0 Å². The summed E-state index contributed by atoms with van der Waals surface area (Å²) in [5.74, 6) is 0.